The van der Waals surface area contributed by atoms with Crippen molar-refractivity contribution in [2.45, 2.75) is 13.0 Å². The Morgan fingerprint density at radius 2 is 2.12 bits per heavy atom. The van der Waals surface area contributed by atoms with Crippen LogP contribution in [0.2, 0.25) is 0 Å². The fraction of sp³-hybridized carbons (Fsp3) is 0.400. The number of hydrogen-bond acceptors (Lipinski definition) is 4. The van der Waals surface area contributed by atoms with Crippen LogP contribution >= 0.6 is 15.9 Å². The average molecular weight is 309 g/mol. The van der Waals surface area contributed by atoms with Crippen LogP contribution in [-0.2, 0) is 14.3 Å². The van der Waals surface area contributed by atoms with Crippen molar-refractivity contribution in [1.29, 1.82) is 0 Å². The maximum absolute atomic E-state index is 10.8. The molecule has 0 spiro atoms. The molecule has 0 aliphatic carbocycles. The minimum absolute atomic E-state index is 0.00530. The minimum Gasteiger partial charge on any atom is -0.488 e. The lowest BCUT2D eigenvalue weighted by Gasteiger charge is -2.14. The highest BCUT2D eigenvalue weighted by atomic mass is 79.9. The van der Waals surface area contributed by atoms with Crippen molar-refractivity contribution in [2.75, 3.05) is 12.9 Å². The van der Waals surface area contributed by atoms with E-state index in [1.54, 1.807) is 19.1 Å². The molecule has 0 amide bonds. The molecule has 0 saturated heterocycles. The summed E-state index contributed by atoms with van der Waals surface area (Å²) in [6, 6.07) is 7.31. The van der Waals surface area contributed by atoms with Gasteiger partial charge in [-0.1, -0.05) is 22.0 Å². The largest absolute Gasteiger partial charge is 0.488 e. The molecular formula is C10H13BrO4S. The highest BCUT2D eigenvalue weighted by molar-refractivity contribution is 9.10. The fourth-order valence-corrected chi connectivity index (χ4v) is 1.84. The monoisotopic (exact) mass is 308 g/mol. The van der Waals surface area contributed by atoms with Gasteiger partial charge in [0, 0.05) is 4.47 Å². The van der Waals surface area contributed by atoms with Crippen LogP contribution in [0.1, 0.15) is 6.92 Å². The van der Waals surface area contributed by atoms with Crippen molar-refractivity contribution < 1.29 is 17.3 Å². The van der Waals surface area contributed by atoms with E-state index in [-0.39, 0.29) is 12.7 Å². The Hall–Kier alpha value is -0.590. The number of hydrogen-bond donors (Lipinski definition) is 0. The quantitative estimate of drug-likeness (QED) is 0.783. The molecule has 1 unspecified atom stereocenters. The molecule has 6 heteroatoms. The van der Waals surface area contributed by atoms with Crippen molar-refractivity contribution in [3.05, 3.63) is 28.7 Å². The van der Waals surface area contributed by atoms with Gasteiger partial charge in [-0.05, 0) is 25.1 Å². The van der Waals surface area contributed by atoms with Crippen LogP contribution in [0.4, 0.5) is 0 Å². The zero-order chi connectivity index (χ0) is 12.2. The lowest BCUT2D eigenvalue weighted by molar-refractivity contribution is 0.147. The third-order valence-electron chi connectivity index (χ3n) is 1.65. The molecule has 1 atom stereocenters. The van der Waals surface area contributed by atoms with E-state index in [1.807, 2.05) is 12.1 Å². The maximum Gasteiger partial charge on any atom is 0.264 e. The summed E-state index contributed by atoms with van der Waals surface area (Å²) in [4.78, 5) is 0. The lowest BCUT2D eigenvalue weighted by atomic mass is 10.3. The van der Waals surface area contributed by atoms with Crippen LogP contribution < -0.4 is 4.74 Å². The first-order valence-electron chi connectivity index (χ1n) is 4.63. The molecule has 90 valence electrons. The van der Waals surface area contributed by atoms with Gasteiger partial charge in [-0.25, -0.2) is 0 Å². The summed E-state index contributed by atoms with van der Waals surface area (Å²) in [6.07, 6.45) is 0.683. The topological polar surface area (TPSA) is 52.6 Å². The molecule has 16 heavy (non-hydrogen) atoms. The highest BCUT2D eigenvalue weighted by Crippen LogP contribution is 2.18. The number of benzene rings is 1. The van der Waals surface area contributed by atoms with E-state index in [2.05, 4.69) is 20.1 Å². The summed E-state index contributed by atoms with van der Waals surface area (Å²) >= 11 is 3.32. The molecule has 4 nitrogen and oxygen atoms in total. The van der Waals surface area contributed by atoms with Crippen LogP contribution in [-0.4, -0.2) is 27.4 Å². The van der Waals surface area contributed by atoms with Gasteiger partial charge in [0.05, 0.1) is 6.26 Å². The molecule has 1 aromatic carbocycles. The molecular weight excluding hydrogens is 296 g/mol. The van der Waals surface area contributed by atoms with Crippen molar-refractivity contribution >= 4 is 26.0 Å². The standard InChI is InChI=1S/C10H13BrO4S/c1-8(7-14-16(2,12)13)15-10-5-3-4-9(11)6-10/h3-6,8H,7H2,1-2H3. The minimum atomic E-state index is -3.41. The maximum atomic E-state index is 10.8. The summed E-state index contributed by atoms with van der Waals surface area (Å²) in [5, 5.41) is 0. The van der Waals surface area contributed by atoms with Crippen LogP contribution in [0.25, 0.3) is 0 Å². The van der Waals surface area contributed by atoms with E-state index in [0.29, 0.717) is 5.75 Å². The molecule has 0 fully saturated rings. The van der Waals surface area contributed by atoms with Crippen LogP contribution in [0.3, 0.4) is 0 Å². The summed E-state index contributed by atoms with van der Waals surface area (Å²) < 4.78 is 32.5. The number of ether oxygens (including phenoxy) is 1. The van der Waals surface area contributed by atoms with Crippen LogP contribution in [0, 0.1) is 0 Å². The van der Waals surface area contributed by atoms with Gasteiger partial charge >= 0.3 is 0 Å². The van der Waals surface area contributed by atoms with E-state index < -0.39 is 10.1 Å². The van der Waals surface area contributed by atoms with Gasteiger partial charge in [0.15, 0.2) is 0 Å². The summed E-state index contributed by atoms with van der Waals surface area (Å²) in [6.45, 7) is 1.75. The Morgan fingerprint density at radius 1 is 1.44 bits per heavy atom. The summed E-state index contributed by atoms with van der Waals surface area (Å²) in [7, 11) is -3.41. The van der Waals surface area contributed by atoms with Crippen molar-refractivity contribution in [3.63, 3.8) is 0 Å². The van der Waals surface area contributed by atoms with Crippen LogP contribution in [0.5, 0.6) is 5.75 Å². The van der Waals surface area contributed by atoms with Gasteiger partial charge in [0.2, 0.25) is 0 Å². The third kappa shape index (κ3) is 5.48. The molecule has 0 saturated carbocycles. The van der Waals surface area contributed by atoms with E-state index >= 15 is 0 Å². The number of rotatable bonds is 5. The summed E-state index contributed by atoms with van der Waals surface area (Å²) in [5.41, 5.74) is 0. The van der Waals surface area contributed by atoms with Crippen molar-refractivity contribution in [3.8, 4) is 5.75 Å². The predicted octanol–water partition coefficient (Wildman–Crippen LogP) is 2.19. The third-order valence-corrected chi connectivity index (χ3v) is 2.71. The zero-order valence-corrected chi connectivity index (χ0v) is 11.4. The second-order valence-corrected chi connectivity index (χ2v) is 5.93. The van der Waals surface area contributed by atoms with Gasteiger partial charge < -0.3 is 4.74 Å². The first kappa shape index (κ1) is 13.5. The Kier molecular flexibility index (Phi) is 4.76. The first-order chi connectivity index (χ1) is 7.37. The Labute approximate surface area is 104 Å². The number of halogens is 1. The van der Waals surface area contributed by atoms with E-state index in [0.717, 1.165) is 10.7 Å². The fourth-order valence-electron chi connectivity index (χ4n) is 1.03. The average Bonchev–Trinajstić information content (AvgIpc) is 2.14. The Morgan fingerprint density at radius 3 is 2.69 bits per heavy atom. The Balaban J connectivity index is 2.49. The normalized spacial score (nSPS) is 13.4. The molecule has 0 aliphatic heterocycles. The van der Waals surface area contributed by atoms with E-state index in [4.69, 9.17) is 4.74 Å². The summed E-state index contributed by atoms with van der Waals surface area (Å²) in [5.74, 6) is 0.666. The van der Waals surface area contributed by atoms with E-state index in [1.165, 1.54) is 0 Å². The predicted molar refractivity (Wildman–Crippen MR) is 65.0 cm³/mol. The van der Waals surface area contributed by atoms with Gasteiger partial charge in [-0.2, -0.15) is 8.42 Å². The molecule has 0 N–H and O–H groups in total. The van der Waals surface area contributed by atoms with Gasteiger partial charge in [-0.15, -0.1) is 0 Å². The van der Waals surface area contributed by atoms with Crippen molar-refractivity contribution in [1.82, 2.24) is 0 Å². The van der Waals surface area contributed by atoms with Gasteiger partial charge in [0.1, 0.15) is 18.5 Å². The molecule has 0 radical (unpaired) electrons. The first-order valence-corrected chi connectivity index (χ1v) is 7.24. The highest BCUT2D eigenvalue weighted by Gasteiger charge is 2.09. The van der Waals surface area contributed by atoms with Crippen molar-refractivity contribution in [2.24, 2.45) is 0 Å². The second kappa shape index (κ2) is 5.65. The van der Waals surface area contributed by atoms with Gasteiger partial charge in [0.25, 0.3) is 10.1 Å². The SMILES string of the molecule is CC(COS(C)(=O)=O)Oc1cccc(Br)c1. The lowest BCUT2D eigenvalue weighted by Crippen LogP contribution is -2.21. The van der Waals surface area contributed by atoms with E-state index in [9.17, 15) is 8.42 Å². The molecule has 0 heterocycles. The molecule has 0 bridgehead atoms. The second-order valence-electron chi connectivity index (χ2n) is 3.37. The van der Waals surface area contributed by atoms with Gasteiger partial charge in [-0.3, -0.25) is 4.18 Å². The zero-order valence-electron chi connectivity index (χ0n) is 9.01. The molecule has 1 aromatic rings. The van der Waals surface area contributed by atoms with Crippen LogP contribution in [0.15, 0.2) is 28.7 Å². The molecule has 1 rings (SSSR count). The molecule has 0 aliphatic rings. The Bertz CT molecular complexity index is 444. The molecule has 0 aromatic heterocycles. The smallest absolute Gasteiger partial charge is 0.264 e.